The van der Waals surface area contributed by atoms with Crippen LogP contribution >= 0.6 is 0 Å². The van der Waals surface area contributed by atoms with Crippen LogP contribution in [0.5, 0.6) is 0 Å². The van der Waals surface area contributed by atoms with Crippen LogP contribution in [0.2, 0.25) is 6.32 Å². The molecule has 2 bridgehead atoms. The molecule has 3 heterocycles. The summed E-state index contributed by atoms with van der Waals surface area (Å²) in [6.45, 7) is 1.77. The molecule has 3 fully saturated rings. The number of anilines is 1. The standard InChI is InChI=1S/C19H16BF3N2O3/c1-17-4-5-18(28-17,6-7-20)14-13(17)15(26)25(16(14)27)11-3-2-10(9-24)12(8-11)19(21,22)23/h2-3,8,13-14H,4-7H2,1H3/t13-,14+,17?,18?/m1/s1. The number of hydrogen-bond acceptors (Lipinski definition) is 4. The van der Waals surface area contributed by atoms with Gasteiger partial charge in [0.15, 0.2) is 0 Å². The van der Waals surface area contributed by atoms with Crippen LogP contribution in [0.1, 0.15) is 37.3 Å². The molecule has 3 aliphatic rings. The van der Waals surface area contributed by atoms with Crippen molar-refractivity contribution in [3.05, 3.63) is 29.3 Å². The van der Waals surface area contributed by atoms with Crippen LogP contribution in [0.4, 0.5) is 18.9 Å². The average molecular weight is 388 g/mol. The highest BCUT2D eigenvalue weighted by Crippen LogP contribution is 2.62. The van der Waals surface area contributed by atoms with Gasteiger partial charge in [0.1, 0.15) is 0 Å². The van der Waals surface area contributed by atoms with Crippen LogP contribution in [0, 0.1) is 23.2 Å². The molecule has 5 nitrogen and oxygen atoms in total. The predicted octanol–water partition coefficient (Wildman–Crippen LogP) is 2.98. The van der Waals surface area contributed by atoms with E-state index < -0.39 is 52.2 Å². The molecule has 0 aromatic heterocycles. The quantitative estimate of drug-likeness (QED) is 0.590. The molecule has 3 aliphatic heterocycles. The zero-order chi connectivity index (χ0) is 20.5. The number of nitriles is 1. The van der Waals surface area contributed by atoms with E-state index in [2.05, 4.69) is 0 Å². The Morgan fingerprint density at radius 3 is 2.57 bits per heavy atom. The summed E-state index contributed by atoms with van der Waals surface area (Å²) in [7, 11) is 5.69. The summed E-state index contributed by atoms with van der Waals surface area (Å²) < 4.78 is 46.1. The lowest BCUT2D eigenvalue weighted by Crippen LogP contribution is -2.42. The van der Waals surface area contributed by atoms with Gasteiger partial charge in [-0.15, -0.1) is 0 Å². The first-order valence-electron chi connectivity index (χ1n) is 8.97. The number of rotatable bonds is 3. The number of alkyl halides is 3. The van der Waals surface area contributed by atoms with Crippen molar-refractivity contribution in [2.45, 2.75) is 49.9 Å². The van der Waals surface area contributed by atoms with Crippen LogP contribution in [0.25, 0.3) is 0 Å². The maximum Gasteiger partial charge on any atom is 0.417 e. The van der Waals surface area contributed by atoms with Gasteiger partial charge in [0.05, 0.1) is 53.8 Å². The zero-order valence-corrected chi connectivity index (χ0v) is 15.0. The van der Waals surface area contributed by atoms with Gasteiger partial charge in [-0.1, -0.05) is 6.32 Å². The van der Waals surface area contributed by atoms with E-state index in [1.165, 1.54) is 12.1 Å². The second kappa shape index (κ2) is 5.83. The maximum atomic E-state index is 13.3. The van der Waals surface area contributed by atoms with Crippen molar-refractivity contribution in [2.24, 2.45) is 11.8 Å². The number of fused-ring (bicyclic) bond motifs is 5. The molecule has 4 rings (SSSR count). The van der Waals surface area contributed by atoms with Crippen LogP contribution in [0.15, 0.2) is 18.2 Å². The van der Waals surface area contributed by atoms with Gasteiger partial charge in [-0.3, -0.25) is 9.59 Å². The maximum absolute atomic E-state index is 13.3. The Morgan fingerprint density at radius 2 is 1.96 bits per heavy atom. The molecule has 0 aliphatic carbocycles. The molecule has 28 heavy (non-hydrogen) atoms. The molecule has 4 atom stereocenters. The summed E-state index contributed by atoms with van der Waals surface area (Å²) in [5.74, 6) is -2.63. The first-order valence-corrected chi connectivity index (χ1v) is 8.97. The lowest BCUT2D eigenvalue weighted by atomic mass is 9.66. The number of imide groups is 1. The van der Waals surface area contributed by atoms with Crippen LogP contribution < -0.4 is 4.90 Å². The molecule has 2 amide bonds. The number of carbonyl (C=O) groups is 2. The number of hydrogen-bond donors (Lipinski definition) is 0. The highest BCUT2D eigenvalue weighted by Gasteiger charge is 2.73. The van der Waals surface area contributed by atoms with Crippen LogP contribution in [-0.2, 0) is 20.5 Å². The molecule has 0 N–H and O–H groups in total. The van der Waals surface area contributed by atoms with E-state index in [1.807, 2.05) is 0 Å². The summed E-state index contributed by atoms with van der Waals surface area (Å²) in [6.07, 6.45) is -2.94. The predicted molar refractivity (Wildman–Crippen MR) is 92.3 cm³/mol. The number of halogens is 3. The fourth-order valence-electron chi connectivity index (χ4n) is 5.11. The van der Waals surface area contributed by atoms with Crippen LogP contribution in [0.3, 0.4) is 0 Å². The van der Waals surface area contributed by atoms with E-state index in [9.17, 15) is 22.8 Å². The minimum atomic E-state index is -4.78. The molecular formula is C19H16BF3N2O3. The third-order valence-corrected chi connectivity index (χ3v) is 6.27. The van der Waals surface area contributed by atoms with Crippen molar-refractivity contribution in [1.29, 1.82) is 5.26 Å². The first kappa shape index (κ1) is 19.0. The van der Waals surface area contributed by atoms with E-state index in [1.54, 1.807) is 6.92 Å². The summed E-state index contributed by atoms with van der Waals surface area (Å²) >= 11 is 0. The first-order chi connectivity index (χ1) is 13.1. The largest absolute Gasteiger partial charge is 0.417 e. The fourth-order valence-corrected chi connectivity index (χ4v) is 5.11. The van der Waals surface area contributed by atoms with Crippen molar-refractivity contribution < 1.29 is 27.5 Å². The van der Waals surface area contributed by atoms with Gasteiger partial charge in [-0.05, 0) is 44.4 Å². The van der Waals surface area contributed by atoms with Gasteiger partial charge in [-0.25, -0.2) is 4.90 Å². The average Bonchev–Trinajstić information content (AvgIpc) is 3.19. The Labute approximate surface area is 160 Å². The van der Waals surface area contributed by atoms with Gasteiger partial charge in [0.25, 0.3) is 0 Å². The summed E-state index contributed by atoms with van der Waals surface area (Å²) in [5, 5.41) is 8.95. The van der Waals surface area contributed by atoms with Gasteiger partial charge in [-0.2, -0.15) is 18.4 Å². The second-order valence-electron chi connectivity index (χ2n) is 7.82. The normalized spacial score (nSPS) is 34.0. The number of ether oxygens (including phenoxy) is 1. The second-order valence-corrected chi connectivity index (χ2v) is 7.82. The molecule has 2 radical (unpaired) electrons. The lowest BCUT2D eigenvalue weighted by molar-refractivity contribution is -0.138. The molecule has 3 saturated heterocycles. The lowest BCUT2D eigenvalue weighted by Gasteiger charge is -2.30. The zero-order valence-electron chi connectivity index (χ0n) is 15.0. The molecular weight excluding hydrogens is 372 g/mol. The molecule has 144 valence electrons. The summed E-state index contributed by atoms with van der Waals surface area (Å²) in [4.78, 5) is 27.1. The molecule has 9 heteroatoms. The number of carbonyl (C=O) groups excluding carboxylic acids is 2. The Morgan fingerprint density at radius 1 is 1.29 bits per heavy atom. The Kier molecular flexibility index (Phi) is 3.96. The van der Waals surface area contributed by atoms with Gasteiger partial charge in [0.2, 0.25) is 11.8 Å². The summed E-state index contributed by atoms with van der Waals surface area (Å²) in [6, 6.07) is 4.36. The summed E-state index contributed by atoms with van der Waals surface area (Å²) in [5.41, 5.74) is -3.60. The SMILES string of the molecule is [B]CCC12CCC(C)(O1)[C@H]1C(=O)N(c3ccc(C#N)c(C(F)(F)F)c3)C(=O)[C@H]12. The third-order valence-electron chi connectivity index (χ3n) is 6.27. The van der Waals surface area contributed by atoms with E-state index in [4.69, 9.17) is 17.8 Å². The Balaban J connectivity index is 1.79. The van der Waals surface area contributed by atoms with Gasteiger partial charge >= 0.3 is 6.18 Å². The van der Waals surface area contributed by atoms with Crippen molar-refractivity contribution >= 4 is 25.3 Å². The van der Waals surface area contributed by atoms with Crippen molar-refractivity contribution in [2.75, 3.05) is 4.90 Å². The van der Waals surface area contributed by atoms with Gasteiger partial charge in [0, 0.05) is 0 Å². The Bertz CT molecular complexity index is 924. The topological polar surface area (TPSA) is 70.4 Å². The third kappa shape index (κ3) is 2.37. The molecule has 0 saturated carbocycles. The van der Waals surface area contributed by atoms with Crippen molar-refractivity contribution in [3.63, 3.8) is 0 Å². The minimum absolute atomic E-state index is 0.179. The van der Waals surface area contributed by atoms with E-state index in [0.717, 1.165) is 11.0 Å². The molecule has 2 unspecified atom stereocenters. The highest BCUT2D eigenvalue weighted by molar-refractivity contribution is 6.23. The molecule has 1 aromatic carbocycles. The van der Waals surface area contributed by atoms with E-state index in [0.29, 0.717) is 25.3 Å². The monoisotopic (exact) mass is 388 g/mol. The number of benzene rings is 1. The number of amides is 2. The van der Waals surface area contributed by atoms with E-state index >= 15 is 0 Å². The van der Waals surface area contributed by atoms with Crippen molar-refractivity contribution in [3.8, 4) is 6.07 Å². The van der Waals surface area contributed by atoms with Crippen LogP contribution in [-0.4, -0.2) is 30.9 Å². The Hall–Kier alpha value is -2.34. The number of nitrogens with zero attached hydrogens (tertiary/aromatic N) is 2. The molecule has 0 spiro atoms. The highest BCUT2D eigenvalue weighted by atomic mass is 19.4. The van der Waals surface area contributed by atoms with Crippen molar-refractivity contribution in [1.82, 2.24) is 0 Å². The van der Waals surface area contributed by atoms with Gasteiger partial charge < -0.3 is 4.74 Å². The van der Waals surface area contributed by atoms with E-state index in [-0.39, 0.29) is 12.0 Å². The minimum Gasteiger partial charge on any atom is -0.367 e. The fraction of sp³-hybridized carbons (Fsp3) is 0.526. The molecule has 1 aromatic rings. The smallest absolute Gasteiger partial charge is 0.367 e.